The minimum absolute atomic E-state index is 0. The number of rotatable bonds is 1. The van der Waals surface area contributed by atoms with E-state index in [0.717, 1.165) is 0 Å². The smallest absolute Gasteiger partial charge is 0.461 e. The van der Waals surface area contributed by atoms with Gasteiger partial charge in [0.05, 0.1) is 0 Å². The normalized spacial score (nSPS) is 6.50. The zero-order chi connectivity index (χ0) is 5.86. The SMILES string of the molecule is O.O=C(O)O[N+](=O)[O-]. The summed E-state index contributed by atoms with van der Waals surface area (Å²) < 4.78 is 0. The Kier molecular flexibility index (Phi) is 4.67. The minimum Gasteiger partial charge on any atom is -0.461 e. The molecule has 0 fully saturated rings. The first-order valence-electron chi connectivity index (χ1n) is 1.18. The van der Waals surface area contributed by atoms with Crippen LogP contribution >= 0.6 is 0 Å². The van der Waals surface area contributed by atoms with Crippen LogP contribution in [0.1, 0.15) is 0 Å². The molecule has 0 saturated carbocycles. The molecule has 0 atom stereocenters. The maximum absolute atomic E-state index is 9.15. The fourth-order valence-corrected chi connectivity index (χ4v) is 0.0638. The molecule has 48 valence electrons. The van der Waals surface area contributed by atoms with E-state index in [4.69, 9.17) is 20.0 Å². The van der Waals surface area contributed by atoms with E-state index in [9.17, 15) is 0 Å². The van der Waals surface area contributed by atoms with Crippen LogP contribution in [0.15, 0.2) is 0 Å². The standard InChI is InChI=1S/CHNO5.H2O/c3-1(4)7-2(5)6;/h(H,3,4);1H2. The zero-order valence-electron chi connectivity index (χ0n) is 3.53. The molecule has 0 spiro atoms. The molecule has 0 radical (unpaired) electrons. The molecular weight excluding hydrogens is 122 g/mol. The molecule has 0 aliphatic rings. The fraction of sp³-hybridized carbons (Fsp3) is 0. The second-order valence-corrected chi connectivity index (χ2v) is 0.581. The van der Waals surface area contributed by atoms with Gasteiger partial charge in [0.2, 0.25) is 0 Å². The van der Waals surface area contributed by atoms with Crippen molar-refractivity contribution in [3.63, 3.8) is 0 Å². The lowest BCUT2D eigenvalue weighted by atomic mass is 11.4. The Hall–Kier alpha value is -1.37. The Morgan fingerprint density at radius 3 is 2.12 bits per heavy atom. The highest BCUT2D eigenvalue weighted by Crippen LogP contribution is 1.72. The summed E-state index contributed by atoms with van der Waals surface area (Å²) in [6.45, 7) is 0. The van der Waals surface area contributed by atoms with Gasteiger partial charge in [0.25, 0.3) is 0 Å². The maximum atomic E-state index is 9.15. The predicted octanol–water partition coefficient (Wildman–Crippen LogP) is -0.952. The summed E-state index contributed by atoms with van der Waals surface area (Å²) in [7, 11) is 0. The second-order valence-electron chi connectivity index (χ2n) is 0.581. The number of hydrogen-bond donors (Lipinski definition) is 1. The third kappa shape index (κ3) is 8.82. The van der Waals surface area contributed by atoms with Gasteiger partial charge in [-0.05, 0) is 0 Å². The summed E-state index contributed by atoms with van der Waals surface area (Å²) in [5.74, 6) is 0. The van der Waals surface area contributed by atoms with E-state index in [0.29, 0.717) is 0 Å². The first-order chi connectivity index (χ1) is 3.13. The van der Waals surface area contributed by atoms with Gasteiger partial charge in [-0.25, -0.2) is 4.79 Å². The Morgan fingerprint density at radius 1 is 1.75 bits per heavy atom. The van der Waals surface area contributed by atoms with Crippen LogP contribution < -0.4 is 0 Å². The Balaban J connectivity index is 0. The summed E-state index contributed by atoms with van der Waals surface area (Å²) >= 11 is 0. The topological polar surface area (TPSA) is 121 Å². The summed E-state index contributed by atoms with van der Waals surface area (Å²) in [6.07, 6.45) is -1.91. The predicted molar refractivity (Wildman–Crippen MR) is 19.7 cm³/mol. The Bertz CT molecular complexity index is 84.7. The van der Waals surface area contributed by atoms with Gasteiger partial charge in [-0.3, -0.25) is 0 Å². The minimum atomic E-state index is -1.91. The molecular formula is CH3NO6. The first-order valence-corrected chi connectivity index (χ1v) is 1.18. The number of carboxylic acid groups (broad SMARTS) is 1. The van der Waals surface area contributed by atoms with Crippen LogP contribution in [0.2, 0.25) is 0 Å². The average molecular weight is 125 g/mol. The van der Waals surface area contributed by atoms with Crippen LogP contribution in [0.5, 0.6) is 0 Å². The molecule has 0 saturated heterocycles. The second kappa shape index (κ2) is 3.81. The average Bonchev–Trinajstić information content (AvgIpc) is 1.27. The monoisotopic (exact) mass is 125 g/mol. The van der Waals surface area contributed by atoms with Crippen molar-refractivity contribution >= 4 is 6.16 Å². The van der Waals surface area contributed by atoms with Gasteiger partial charge < -0.3 is 10.6 Å². The molecule has 0 aromatic rings. The van der Waals surface area contributed by atoms with E-state index in [-0.39, 0.29) is 5.48 Å². The molecule has 0 aromatic heterocycles. The molecule has 8 heavy (non-hydrogen) atoms. The van der Waals surface area contributed by atoms with Gasteiger partial charge in [-0.2, -0.15) is 4.84 Å². The van der Waals surface area contributed by atoms with Crippen molar-refractivity contribution < 1.29 is 25.3 Å². The molecule has 0 rings (SSSR count). The van der Waals surface area contributed by atoms with Crippen LogP contribution in [0.4, 0.5) is 4.79 Å². The third-order valence-corrected chi connectivity index (χ3v) is 0.153. The summed E-state index contributed by atoms with van der Waals surface area (Å²) in [4.78, 5) is 21.0. The number of nitrogens with zero attached hydrogens (tertiary/aromatic N) is 1. The van der Waals surface area contributed by atoms with Crippen molar-refractivity contribution in [2.45, 2.75) is 0 Å². The van der Waals surface area contributed by atoms with Gasteiger partial charge >= 0.3 is 11.2 Å². The van der Waals surface area contributed by atoms with E-state index < -0.39 is 11.2 Å². The highest BCUT2D eigenvalue weighted by Gasteiger charge is 1.99. The van der Waals surface area contributed by atoms with Gasteiger partial charge in [-0.15, -0.1) is 10.1 Å². The molecule has 0 aliphatic carbocycles. The van der Waals surface area contributed by atoms with E-state index in [2.05, 4.69) is 4.84 Å². The zero-order valence-corrected chi connectivity index (χ0v) is 3.53. The van der Waals surface area contributed by atoms with Gasteiger partial charge in [0.1, 0.15) is 0 Å². The van der Waals surface area contributed by atoms with Crippen LogP contribution in [0.25, 0.3) is 0 Å². The molecule has 0 unspecified atom stereocenters. The number of carbonyl (C=O) groups is 1. The van der Waals surface area contributed by atoms with E-state index in [1.54, 1.807) is 0 Å². The van der Waals surface area contributed by atoms with Gasteiger partial charge in [0.15, 0.2) is 0 Å². The largest absolute Gasteiger partial charge is 0.484 e. The lowest BCUT2D eigenvalue weighted by Gasteiger charge is -1.81. The summed E-state index contributed by atoms with van der Waals surface area (Å²) in [5, 5.41) is 15.0. The number of hydrogen-bond acceptors (Lipinski definition) is 4. The molecule has 7 heteroatoms. The molecule has 0 aromatic carbocycles. The van der Waals surface area contributed by atoms with Crippen molar-refractivity contribution in [1.82, 2.24) is 0 Å². The van der Waals surface area contributed by atoms with Crippen LogP contribution in [0.3, 0.4) is 0 Å². The summed E-state index contributed by atoms with van der Waals surface area (Å²) in [5.41, 5.74) is 0. The first kappa shape index (κ1) is 9.80. The third-order valence-electron chi connectivity index (χ3n) is 0.153. The molecule has 7 nitrogen and oxygen atoms in total. The molecule has 0 bridgehead atoms. The lowest BCUT2D eigenvalue weighted by Crippen LogP contribution is -2.05. The van der Waals surface area contributed by atoms with Crippen molar-refractivity contribution in [3.8, 4) is 0 Å². The molecule has 0 heterocycles. The van der Waals surface area contributed by atoms with Crippen molar-refractivity contribution in [3.05, 3.63) is 10.1 Å². The van der Waals surface area contributed by atoms with Crippen molar-refractivity contribution in [2.75, 3.05) is 0 Å². The quantitative estimate of drug-likeness (QED) is 0.357. The van der Waals surface area contributed by atoms with E-state index in [1.807, 2.05) is 0 Å². The highest BCUT2D eigenvalue weighted by molar-refractivity contribution is 5.55. The fourth-order valence-electron chi connectivity index (χ4n) is 0.0638. The molecule has 0 aliphatic heterocycles. The van der Waals surface area contributed by atoms with Crippen LogP contribution in [-0.2, 0) is 4.84 Å². The van der Waals surface area contributed by atoms with Crippen molar-refractivity contribution in [2.24, 2.45) is 0 Å². The Morgan fingerprint density at radius 2 is 2.12 bits per heavy atom. The van der Waals surface area contributed by atoms with Crippen LogP contribution in [-0.4, -0.2) is 21.8 Å². The van der Waals surface area contributed by atoms with Crippen molar-refractivity contribution in [1.29, 1.82) is 0 Å². The Labute approximate surface area is 42.9 Å². The van der Waals surface area contributed by atoms with Gasteiger partial charge in [0, 0.05) is 0 Å². The molecule has 0 amide bonds. The van der Waals surface area contributed by atoms with Crippen LogP contribution in [0, 0.1) is 10.1 Å². The van der Waals surface area contributed by atoms with E-state index >= 15 is 0 Å². The maximum Gasteiger partial charge on any atom is 0.484 e. The molecule has 3 N–H and O–H groups in total. The highest BCUT2D eigenvalue weighted by atomic mass is 17.0. The lowest BCUT2D eigenvalue weighted by molar-refractivity contribution is -0.730. The van der Waals surface area contributed by atoms with E-state index in [1.165, 1.54) is 0 Å². The summed E-state index contributed by atoms with van der Waals surface area (Å²) in [6, 6.07) is 0. The van der Waals surface area contributed by atoms with Gasteiger partial charge in [-0.1, -0.05) is 0 Å².